The number of nitrogens with one attached hydrogen (secondary N) is 9. The summed E-state index contributed by atoms with van der Waals surface area (Å²) in [5, 5.41) is 92.3. The van der Waals surface area contributed by atoms with E-state index < -0.39 is 158 Å². The van der Waals surface area contributed by atoms with Crippen LogP contribution in [0.4, 0.5) is 0 Å². The molecular weight excluding hydrogens is 1160 g/mol. The number of hydrogen-bond acceptors (Lipinski definition) is 18. The smallest absolute Gasteiger partial charge is 0.328 e. The molecule has 0 aliphatic heterocycles. The quantitative estimate of drug-likeness (QED) is 0.0215. The molecule has 4 rings (SSSR count). The van der Waals surface area contributed by atoms with Crippen LogP contribution in [-0.4, -0.2) is 193 Å². The first-order valence-electron chi connectivity index (χ1n) is 27.3. The summed E-state index contributed by atoms with van der Waals surface area (Å²) in [6.45, 7) is 0.773. The molecule has 0 aliphatic carbocycles. The second-order valence-electron chi connectivity index (χ2n) is 20.2. The first kappa shape index (κ1) is 70.3. The zero-order valence-corrected chi connectivity index (χ0v) is 48.5. The molecule has 9 amide bonds. The molecule has 18 N–H and O–H groups in total. The number of carboxylic acids is 2. The van der Waals surface area contributed by atoms with Crippen molar-refractivity contribution >= 4 is 76.9 Å². The molecule has 0 saturated carbocycles. The predicted molar refractivity (Wildman–Crippen MR) is 314 cm³/mol. The standard InChI is InChI=1S/C58H74N10O18S/c1-31(70)48(67-54(81)40(60-46(74)29-59)24-33-10-6-4-7-11-33)56(83)64-43(25-34-12-8-5-9-13-34)55(82)68-49(32(2)71)57(84)65-44(28-47(75)76)53(80)63-42(27-36-16-20-38(73)21-17-36)52(79)62-41(26-35-14-18-37(72)19-15-35)51(78)61-39(22-23-87-3)50(77)66-45(30-69)58(85)86/h4-21,31-32,39-45,48-49,69-73H,22-30,59H2,1-3H3,(H,60,74)(H,61,78)(H,62,79)(H,63,80)(H,64,83)(H,65,84)(H,66,77)(H,67,81)(H,68,82)(H,75,76)(H,85,86)/t31-,32-,39+,40+,41+,42+,43+,44+,45+,48+,49+/m1/s1. The van der Waals surface area contributed by atoms with Gasteiger partial charge in [0.05, 0.1) is 31.8 Å². The van der Waals surface area contributed by atoms with Crippen molar-refractivity contribution in [1.29, 1.82) is 0 Å². The number of aliphatic hydroxyl groups is 3. The number of rotatable bonds is 35. The van der Waals surface area contributed by atoms with Crippen molar-refractivity contribution < 1.29 is 88.5 Å². The van der Waals surface area contributed by atoms with Crippen molar-refractivity contribution in [3.63, 3.8) is 0 Å². The van der Waals surface area contributed by atoms with Crippen LogP contribution in [0, 0.1) is 0 Å². The van der Waals surface area contributed by atoms with Crippen molar-refractivity contribution in [3.8, 4) is 11.5 Å². The monoisotopic (exact) mass is 1230 g/mol. The molecule has 0 saturated heterocycles. The lowest BCUT2D eigenvalue weighted by Crippen LogP contribution is -2.63. The van der Waals surface area contributed by atoms with Gasteiger partial charge in [0.15, 0.2) is 0 Å². The molecule has 0 radical (unpaired) electrons. The first-order valence-corrected chi connectivity index (χ1v) is 28.7. The number of phenols is 2. The van der Waals surface area contributed by atoms with Gasteiger partial charge in [-0.25, -0.2) is 4.79 Å². The van der Waals surface area contributed by atoms with Crippen LogP contribution >= 0.6 is 11.8 Å². The van der Waals surface area contributed by atoms with Crippen LogP contribution in [-0.2, 0) is 78.4 Å². The number of carboxylic acid groups (broad SMARTS) is 2. The van der Waals surface area contributed by atoms with E-state index in [-0.39, 0.29) is 48.5 Å². The summed E-state index contributed by atoms with van der Waals surface area (Å²) >= 11 is 1.28. The Balaban J connectivity index is 1.64. The highest BCUT2D eigenvalue weighted by molar-refractivity contribution is 7.98. The maximum absolute atomic E-state index is 14.6. The van der Waals surface area contributed by atoms with Crippen LogP contribution in [0.1, 0.15) is 48.9 Å². The summed E-state index contributed by atoms with van der Waals surface area (Å²) in [6, 6.07) is 12.0. The fourth-order valence-corrected chi connectivity index (χ4v) is 9.00. The van der Waals surface area contributed by atoms with Gasteiger partial charge in [-0.2, -0.15) is 11.8 Å². The molecule has 470 valence electrons. The largest absolute Gasteiger partial charge is 0.508 e. The second kappa shape index (κ2) is 35.3. The number of carbonyl (C=O) groups is 11. The van der Waals surface area contributed by atoms with Gasteiger partial charge in [-0.05, 0) is 78.8 Å². The molecule has 0 bridgehead atoms. The Kier molecular flexibility index (Phi) is 28.6. The fourth-order valence-electron chi connectivity index (χ4n) is 8.53. The Morgan fingerprint density at radius 1 is 0.437 bits per heavy atom. The maximum atomic E-state index is 14.6. The molecule has 28 nitrogen and oxygen atoms in total. The first-order chi connectivity index (χ1) is 41.3. The van der Waals surface area contributed by atoms with E-state index in [2.05, 4.69) is 47.9 Å². The third kappa shape index (κ3) is 23.7. The highest BCUT2D eigenvalue weighted by Gasteiger charge is 2.38. The lowest BCUT2D eigenvalue weighted by Gasteiger charge is -2.29. The van der Waals surface area contributed by atoms with E-state index in [0.29, 0.717) is 16.7 Å². The number of aliphatic hydroxyl groups excluding tert-OH is 3. The Hall–Kier alpha value is -9.16. The molecule has 0 fully saturated rings. The van der Waals surface area contributed by atoms with Gasteiger partial charge in [0.1, 0.15) is 65.9 Å². The summed E-state index contributed by atoms with van der Waals surface area (Å²) in [5.41, 5.74) is 7.21. The normalized spacial score (nSPS) is 14.8. The molecule has 4 aromatic rings. The minimum absolute atomic E-state index is 0.0552. The number of phenolic OH excluding ortho intramolecular Hbond substituents is 2. The van der Waals surface area contributed by atoms with E-state index in [1.807, 2.05) is 0 Å². The number of aromatic hydroxyl groups is 2. The lowest BCUT2D eigenvalue weighted by molar-refractivity contribution is -0.143. The summed E-state index contributed by atoms with van der Waals surface area (Å²) in [4.78, 5) is 149. The molecule has 0 unspecified atom stereocenters. The van der Waals surface area contributed by atoms with Crippen LogP contribution in [0.15, 0.2) is 109 Å². The second-order valence-corrected chi connectivity index (χ2v) is 21.2. The van der Waals surface area contributed by atoms with Crippen molar-refractivity contribution in [2.75, 3.05) is 25.2 Å². The van der Waals surface area contributed by atoms with E-state index in [0.717, 1.165) is 6.92 Å². The van der Waals surface area contributed by atoms with Gasteiger partial charge in [0, 0.05) is 25.7 Å². The van der Waals surface area contributed by atoms with Gasteiger partial charge in [-0.1, -0.05) is 84.9 Å². The average Bonchev–Trinajstić information content (AvgIpc) is 2.78. The Labute approximate surface area is 504 Å². The average molecular weight is 1230 g/mol. The molecule has 0 aliphatic rings. The summed E-state index contributed by atoms with van der Waals surface area (Å²) < 4.78 is 0. The molecule has 0 spiro atoms. The van der Waals surface area contributed by atoms with E-state index in [4.69, 9.17) is 5.73 Å². The molecule has 4 aromatic carbocycles. The van der Waals surface area contributed by atoms with Crippen molar-refractivity contribution in [2.45, 2.75) is 119 Å². The van der Waals surface area contributed by atoms with Crippen LogP contribution < -0.4 is 53.6 Å². The Morgan fingerprint density at radius 3 is 1.11 bits per heavy atom. The summed E-state index contributed by atoms with van der Waals surface area (Å²) in [6.07, 6.45) is -4.06. The van der Waals surface area contributed by atoms with E-state index in [1.165, 1.54) is 67.2 Å². The third-order valence-corrected chi connectivity index (χ3v) is 13.9. The molecular formula is C58H74N10O18S. The Morgan fingerprint density at radius 2 is 0.759 bits per heavy atom. The van der Waals surface area contributed by atoms with E-state index in [1.54, 1.807) is 66.9 Å². The van der Waals surface area contributed by atoms with Gasteiger partial charge in [0.25, 0.3) is 0 Å². The van der Waals surface area contributed by atoms with E-state index in [9.17, 15) is 88.5 Å². The van der Waals surface area contributed by atoms with Crippen molar-refractivity contribution in [1.82, 2.24) is 47.9 Å². The van der Waals surface area contributed by atoms with Crippen LogP contribution in [0.3, 0.4) is 0 Å². The highest BCUT2D eigenvalue weighted by atomic mass is 32.2. The number of amides is 9. The van der Waals surface area contributed by atoms with Gasteiger partial charge >= 0.3 is 11.9 Å². The molecule has 0 aromatic heterocycles. The topological polar surface area (TPSA) is 464 Å². The van der Waals surface area contributed by atoms with Gasteiger partial charge in [-0.15, -0.1) is 0 Å². The molecule has 11 atom stereocenters. The Bertz CT molecular complexity index is 2980. The maximum Gasteiger partial charge on any atom is 0.328 e. The zero-order valence-electron chi connectivity index (χ0n) is 47.7. The lowest BCUT2D eigenvalue weighted by atomic mass is 10.0. The van der Waals surface area contributed by atoms with Crippen LogP contribution in [0.25, 0.3) is 0 Å². The number of carbonyl (C=O) groups excluding carboxylic acids is 9. The summed E-state index contributed by atoms with van der Waals surface area (Å²) in [7, 11) is 0. The minimum Gasteiger partial charge on any atom is -0.508 e. The van der Waals surface area contributed by atoms with Crippen molar-refractivity contribution in [2.24, 2.45) is 5.73 Å². The SMILES string of the molecule is CSCC[C@H](NC(=O)[C@H](Cc1ccc(O)cc1)NC(=O)[C@H](Cc1ccc(O)cc1)NC(=O)[C@H](CC(=O)O)NC(=O)[C@@H](NC(=O)[C@H](Cc1ccccc1)NC(=O)[C@@H](NC(=O)[C@H](Cc1ccccc1)NC(=O)CN)[C@@H](C)O)[C@@H](C)O)C(=O)N[C@@H](CO)C(=O)O. The number of thioether (sulfide) groups is 1. The summed E-state index contributed by atoms with van der Waals surface area (Å²) in [5.74, 6) is -12.9. The number of hydrogen-bond donors (Lipinski definition) is 17. The van der Waals surface area contributed by atoms with Crippen LogP contribution in [0.5, 0.6) is 11.5 Å². The zero-order chi connectivity index (χ0) is 64.3. The molecule has 0 heterocycles. The highest BCUT2D eigenvalue weighted by Crippen LogP contribution is 2.16. The number of benzene rings is 4. The molecule has 29 heteroatoms. The van der Waals surface area contributed by atoms with E-state index >= 15 is 0 Å². The predicted octanol–water partition coefficient (Wildman–Crippen LogP) is -3.24. The number of nitrogens with two attached hydrogens (primary N) is 1. The third-order valence-electron chi connectivity index (χ3n) is 13.2. The number of aliphatic carboxylic acids is 2. The van der Waals surface area contributed by atoms with Gasteiger partial charge < -0.3 is 89.3 Å². The minimum atomic E-state index is -2.08. The fraction of sp³-hybridized carbons (Fsp3) is 0.397. The van der Waals surface area contributed by atoms with Crippen LogP contribution in [0.2, 0.25) is 0 Å². The molecule has 87 heavy (non-hydrogen) atoms. The van der Waals surface area contributed by atoms with Gasteiger partial charge in [0.2, 0.25) is 53.2 Å². The van der Waals surface area contributed by atoms with Gasteiger partial charge in [-0.3, -0.25) is 47.9 Å². The van der Waals surface area contributed by atoms with Crippen molar-refractivity contribution in [3.05, 3.63) is 131 Å².